The maximum absolute atomic E-state index is 12.9. The van der Waals surface area contributed by atoms with Gasteiger partial charge in [-0.05, 0) is 25.1 Å². The molecule has 2 aromatic carbocycles. The van der Waals surface area contributed by atoms with Crippen molar-refractivity contribution < 1.29 is 23.5 Å². The number of imide groups is 1. The molecule has 7 nitrogen and oxygen atoms in total. The zero-order valence-electron chi connectivity index (χ0n) is 16.2. The van der Waals surface area contributed by atoms with Crippen LogP contribution in [0, 0.1) is 0 Å². The Morgan fingerprint density at radius 3 is 2.52 bits per heavy atom. The second-order valence-electron chi connectivity index (χ2n) is 6.44. The van der Waals surface area contributed by atoms with E-state index in [1.54, 1.807) is 31.2 Å². The molecule has 0 saturated heterocycles. The quantitative estimate of drug-likeness (QED) is 0.375. The van der Waals surface area contributed by atoms with E-state index >= 15 is 0 Å². The highest BCUT2D eigenvalue weighted by Crippen LogP contribution is 2.33. The number of hydrogen-bond acceptors (Lipinski definition) is 6. The molecule has 9 heteroatoms. The van der Waals surface area contributed by atoms with Gasteiger partial charge in [-0.25, -0.2) is 4.79 Å². The van der Waals surface area contributed by atoms with E-state index in [2.05, 4.69) is 10.3 Å². The van der Waals surface area contributed by atoms with Gasteiger partial charge in [-0.1, -0.05) is 47.5 Å². The van der Waals surface area contributed by atoms with Gasteiger partial charge >= 0.3 is 6.09 Å². The summed E-state index contributed by atoms with van der Waals surface area (Å²) in [5.74, 6) is -0.649. The minimum absolute atomic E-state index is 0.166. The van der Waals surface area contributed by atoms with Gasteiger partial charge in [-0.15, -0.1) is 0 Å². The van der Waals surface area contributed by atoms with Gasteiger partial charge in [-0.3, -0.25) is 15.1 Å². The van der Waals surface area contributed by atoms with Crippen LogP contribution >= 0.6 is 23.2 Å². The first-order valence-corrected chi connectivity index (χ1v) is 10.1. The Kier molecular flexibility index (Phi) is 6.08. The van der Waals surface area contributed by atoms with Crippen LogP contribution in [-0.2, 0) is 9.47 Å². The van der Waals surface area contributed by atoms with Crippen molar-refractivity contribution in [3.63, 3.8) is 0 Å². The average Bonchev–Trinajstić information content (AvgIpc) is 3.12. The fourth-order valence-corrected chi connectivity index (χ4v) is 3.77. The number of halogens is 2. The SMILES string of the molecule is CCOC(OC(=O)NC(=O)c1cccc2oc3ccccc3c12)c1c(Cl)cncc1Cl. The average molecular weight is 459 g/mol. The van der Waals surface area contributed by atoms with Gasteiger partial charge < -0.3 is 13.9 Å². The second-order valence-corrected chi connectivity index (χ2v) is 7.25. The van der Waals surface area contributed by atoms with Gasteiger partial charge in [0.15, 0.2) is 0 Å². The van der Waals surface area contributed by atoms with Gasteiger partial charge in [-0.2, -0.15) is 0 Å². The molecule has 0 spiro atoms. The molecule has 0 fully saturated rings. The topological polar surface area (TPSA) is 90.7 Å². The van der Waals surface area contributed by atoms with E-state index in [1.807, 2.05) is 18.2 Å². The van der Waals surface area contributed by atoms with E-state index in [4.69, 9.17) is 37.1 Å². The zero-order chi connectivity index (χ0) is 22.0. The summed E-state index contributed by atoms with van der Waals surface area (Å²) in [6.07, 6.45) is 0.473. The summed E-state index contributed by atoms with van der Waals surface area (Å²) in [6.45, 7) is 1.92. The number of furan rings is 1. The highest BCUT2D eigenvalue weighted by molar-refractivity contribution is 6.35. The van der Waals surface area contributed by atoms with Crippen molar-refractivity contribution in [2.45, 2.75) is 13.2 Å². The lowest BCUT2D eigenvalue weighted by molar-refractivity contribution is -0.102. The highest BCUT2D eigenvalue weighted by Gasteiger charge is 2.25. The van der Waals surface area contributed by atoms with Gasteiger partial charge in [0.1, 0.15) is 11.2 Å². The number of hydrogen-bond donors (Lipinski definition) is 1. The summed E-state index contributed by atoms with van der Waals surface area (Å²) < 4.78 is 16.5. The van der Waals surface area contributed by atoms with Crippen molar-refractivity contribution in [1.29, 1.82) is 0 Å². The Morgan fingerprint density at radius 2 is 1.77 bits per heavy atom. The van der Waals surface area contributed by atoms with Crippen LogP contribution in [0.15, 0.2) is 59.3 Å². The third-order valence-electron chi connectivity index (χ3n) is 4.52. The molecule has 2 aromatic heterocycles. The van der Waals surface area contributed by atoms with Crippen molar-refractivity contribution in [2.24, 2.45) is 0 Å². The molecule has 158 valence electrons. The highest BCUT2D eigenvalue weighted by atomic mass is 35.5. The fourth-order valence-electron chi connectivity index (χ4n) is 3.22. The second kappa shape index (κ2) is 8.93. The number of para-hydroxylation sites is 1. The van der Waals surface area contributed by atoms with Crippen molar-refractivity contribution in [3.05, 3.63) is 76.0 Å². The van der Waals surface area contributed by atoms with Crippen LogP contribution in [0.3, 0.4) is 0 Å². The molecule has 2 heterocycles. The number of alkyl carbamates (subject to hydrolysis) is 1. The summed E-state index contributed by atoms with van der Waals surface area (Å²) in [4.78, 5) is 29.2. The maximum Gasteiger partial charge on any atom is 0.416 e. The lowest BCUT2D eigenvalue weighted by atomic mass is 10.1. The standard InChI is InChI=1S/C22H16Cl2N2O5/c1-2-29-21(19-14(23)10-25-11-15(19)24)31-22(28)26-20(27)13-7-5-9-17-18(13)12-6-3-4-8-16(12)30-17/h3-11,21H,2H2,1H3,(H,26,27,28). The molecule has 31 heavy (non-hydrogen) atoms. The van der Waals surface area contributed by atoms with E-state index in [1.165, 1.54) is 12.4 Å². The third-order valence-corrected chi connectivity index (χ3v) is 5.12. The van der Waals surface area contributed by atoms with Crippen LogP contribution in [-0.4, -0.2) is 23.6 Å². The van der Waals surface area contributed by atoms with E-state index < -0.39 is 18.3 Å². The fraction of sp³-hybridized carbons (Fsp3) is 0.136. The summed E-state index contributed by atoms with van der Waals surface area (Å²) >= 11 is 12.3. The largest absolute Gasteiger partial charge is 0.456 e. The predicted octanol–water partition coefficient (Wildman–Crippen LogP) is 5.89. The number of pyridine rings is 1. The first-order chi connectivity index (χ1) is 15.0. The van der Waals surface area contributed by atoms with E-state index in [-0.39, 0.29) is 27.8 Å². The molecule has 1 N–H and O–H groups in total. The van der Waals surface area contributed by atoms with E-state index in [0.29, 0.717) is 16.6 Å². The Balaban J connectivity index is 1.59. The molecule has 0 aliphatic heterocycles. The van der Waals surface area contributed by atoms with Crippen molar-refractivity contribution in [3.8, 4) is 0 Å². The maximum atomic E-state index is 12.9. The first-order valence-electron chi connectivity index (χ1n) is 9.32. The van der Waals surface area contributed by atoms with Crippen LogP contribution in [0.2, 0.25) is 10.0 Å². The number of carbonyl (C=O) groups excluding carboxylic acids is 2. The molecular weight excluding hydrogens is 443 g/mol. The lowest BCUT2D eigenvalue weighted by Gasteiger charge is -2.19. The molecule has 0 aliphatic rings. The number of nitrogens with zero attached hydrogens (tertiary/aromatic N) is 1. The summed E-state index contributed by atoms with van der Waals surface area (Å²) in [5.41, 5.74) is 1.68. The summed E-state index contributed by atoms with van der Waals surface area (Å²) in [7, 11) is 0. The molecule has 1 unspecified atom stereocenters. The molecule has 0 bridgehead atoms. The van der Waals surface area contributed by atoms with Gasteiger partial charge in [0.05, 0.1) is 21.2 Å². The third kappa shape index (κ3) is 4.20. The van der Waals surface area contributed by atoms with Crippen molar-refractivity contribution in [1.82, 2.24) is 10.3 Å². The van der Waals surface area contributed by atoms with Gasteiger partial charge in [0, 0.05) is 29.8 Å². The molecule has 2 amide bonds. The number of fused-ring (bicyclic) bond motifs is 3. The van der Waals surface area contributed by atoms with E-state index in [9.17, 15) is 9.59 Å². The molecular formula is C22H16Cl2N2O5. The number of amides is 2. The Labute approximate surface area is 186 Å². The summed E-state index contributed by atoms with van der Waals surface area (Å²) in [6, 6.07) is 12.4. The number of rotatable bonds is 5. The van der Waals surface area contributed by atoms with Crippen LogP contribution in [0.25, 0.3) is 21.9 Å². The molecule has 0 saturated carbocycles. The van der Waals surface area contributed by atoms with E-state index in [0.717, 1.165) is 5.39 Å². The lowest BCUT2D eigenvalue weighted by Crippen LogP contribution is -2.32. The zero-order valence-corrected chi connectivity index (χ0v) is 17.7. The number of benzene rings is 2. The number of carbonyl (C=O) groups is 2. The number of aromatic nitrogens is 1. The predicted molar refractivity (Wildman–Crippen MR) is 116 cm³/mol. The first kappa shape index (κ1) is 21.1. The molecule has 1 atom stereocenters. The minimum atomic E-state index is -1.22. The van der Waals surface area contributed by atoms with Gasteiger partial charge in [0.25, 0.3) is 5.91 Å². The van der Waals surface area contributed by atoms with Crippen LogP contribution in [0.5, 0.6) is 0 Å². The number of ether oxygens (including phenoxy) is 2. The monoisotopic (exact) mass is 458 g/mol. The Bertz CT molecular complexity index is 1270. The molecule has 4 rings (SSSR count). The molecule has 0 radical (unpaired) electrons. The smallest absolute Gasteiger partial charge is 0.416 e. The van der Waals surface area contributed by atoms with Crippen LogP contribution < -0.4 is 5.32 Å². The molecule has 0 aliphatic carbocycles. The minimum Gasteiger partial charge on any atom is -0.456 e. The Hall–Kier alpha value is -3.13. The van der Waals surface area contributed by atoms with Crippen molar-refractivity contribution >= 4 is 57.1 Å². The normalized spacial score (nSPS) is 12.1. The summed E-state index contributed by atoms with van der Waals surface area (Å²) in [5, 5.41) is 3.91. The van der Waals surface area contributed by atoms with Crippen LogP contribution in [0.4, 0.5) is 4.79 Å². The number of nitrogens with one attached hydrogen (secondary N) is 1. The van der Waals surface area contributed by atoms with Crippen molar-refractivity contribution in [2.75, 3.05) is 6.61 Å². The molecule has 4 aromatic rings. The van der Waals surface area contributed by atoms with Gasteiger partial charge in [0.2, 0.25) is 6.29 Å². The van der Waals surface area contributed by atoms with Crippen LogP contribution in [0.1, 0.15) is 29.1 Å². The Morgan fingerprint density at radius 1 is 1.06 bits per heavy atom.